The molecule has 0 aliphatic carbocycles. The number of alkyl carbamates (subject to hydrolysis) is 2. The Morgan fingerprint density at radius 1 is 0.444 bits per heavy atom. The summed E-state index contributed by atoms with van der Waals surface area (Å²) in [4.78, 5) is 144. The van der Waals surface area contributed by atoms with E-state index < -0.39 is 86.7 Å². The van der Waals surface area contributed by atoms with Gasteiger partial charge in [-0.2, -0.15) is 0 Å². The molecule has 8 N–H and O–H groups in total. The number of rotatable bonds is 37. The first-order valence-electron chi connectivity index (χ1n) is 24.5. The zero-order valence-electron chi connectivity index (χ0n) is 44.4. The number of carboxylic acid groups (broad SMARTS) is 4. The number of nitrogens with zero attached hydrogens (tertiary/aromatic N) is 4. The molecule has 0 saturated heterocycles. The van der Waals surface area contributed by atoms with E-state index in [4.69, 9.17) is 29.5 Å². The Bertz CT molecular complexity index is 2240. The van der Waals surface area contributed by atoms with Crippen molar-refractivity contribution in [2.45, 2.75) is 128 Å². The van der Waals surface area contributed by atoms with Crippen LogP contribution in [0.2, 0.25) is 0 Å². The van der Waals surface area contributed by atoms with Gasteiger partial charge in [0, 0.05) is 12.8 Å². The van der Waals surface area contributed by atoms with Crippen molar-refractivity contribution < 1.29 is 113 Å². The molecule has 2 rings (SSSR count). The van der Waals surface area contributed by atoms with Crippen LogP contribution in [0.15, 0.2) is 54.6 Å². The summed E-state index contributed by atoms with van der Waals surface area (Å²) in [6.45, 7) is 4.26. The van der Waals surface area contributed by atoms with Gasteiger partial charge < -0.3 is 75.3 Å². The number of hydrogen-bond acceptors (Lipinski definition) is 23. The Kier molecular flexibility index (Phi) is 41.2. The predicted octanol–water partition coefficient (Wildman–Crippen LogP) is 4.08. The van der Waals surface area contributed by atoms with Gasteiger partial charge in [-0.15, -0.1) is 40.5 Å². The third-order valence-electron chi connectivity index (χ3n) is 9.68. The fraction of sp³-hybridized carbons (Fsp3) is 0.565. The van der Waals surface area contributed by atoms with Gasteiger partial charge >= 0.3 is 42.2 Å². The van der Waals surface area contributed by atoms with Gasteiger partial charge in [0.15, 0.2) is 0 Å². The first-order valence-corrected chi connectivity index (χ1v) is 24.5. The monoisotopic (exact) mass is 1160 g/mol. The van der Waals surface area contributed by atoms with Crippen LogP contribution in [0.5, 0.6) is 5.75 Å². The molecule has 4 unspecified atom stereocenters. The summed E-state index contributed by atoms with van der Waals surface area (Å²) in [7, 11) is 0. The lowest BCUT2D eigenvalue weighted by Gasteiger charge is -2.14. The summed E-state index contributed by atoms with van der Waals surface area (Å²) in [5, 5.41) is 79.9. The Morgan fingerprint density at radius 3 is 1.21 bits per heavy atom. The van der Waals surface area contributed by atoms with Crippen molar-refractivity contribution in [1.29, 1.82) is 0 Å². The van der Waals surface area contributed by atoms with Crippen LogP contribution in [0.4, 0.5) is 14.4 Å². The summed E-state index contributed by atoms with van der Waals surface area (Å²) in [5.74, 6) is -4.66. The van der Waals surface area contributed by atoms with Crippen LogP contribution in [-0.4, -0.2) is 153 Å². The number of ether oxygens (including phenoxy) is 3. The third-order valence-corrected chi connectivity index (χ3v) is 9.68. The van der Waals surface area contributed by atoms with Gasteiger partial charge in [-0.25, -0.2) is 19.2 Å². The van der Waals surface area contributed by atoms with E-state index in [1.807, 2.05) is 18.2 Å². The SMILES string of the molecule is CC(NC(=O)OCCCCCCO[N+](=O)[O-])C(=O)O.CC(NC(=O)OCCCCCO[N+](=O)[O-])C(=O)O.CC(NC(=O)Oc1ccc(CCO[N+](=O)[O-])cc1)C(=O)O.O=C(CCCCCO[N+](=O)[O-])NC(Cc1ccccc1)C(=O)O. The van der Waals surface area contributed by atoms with Crippen molar-refractivity contribution in [1.82, 2.24) is 21.3 Å². The molecule has 35 nitrogen and oxygen atoms in total. The molecule has 0 heterocycles. The van der Waals surface area contributed by atoms with E-state index in [2.05, 4.69) is 40.6 Å². The molecule has 2 aromatic rings. The Hall–Kier alpha value is -9.60. The second kappa shape index (κ2) is 45.4. The van der Waals surface area contributed by atoms with Gasteiger partial charge in [0.25, 0.3) is 20.3 Å². The second-order valence-corrected chi connectivity index (χ2v) is 16.3. The smallest absolute Gasteiger partial charge is 0.413 e. The number of carbonyl (C=O) groups is 8. The molecule has 0 aliphatic heterocycles. The van der Waals surface area contributed by atoms with E-state index in [-0.39, 0.29) is 64.1 Å². The van der Waals surface area contributed by atoms with E-state index >= 15 is 0 Å². The largest absolute Gasteiger partial charge is 0.480 e. The Labute approximate surface area is 461 Å². The lowest BCUT2D eigenvalue weighted by atomic mass is 10.1. The predicted molar refractivity (Wildman–Crippen MR) is 272 cm³/mol. The fourth-order valence-electron chi connectivity index (χ4n) is 5.46. The molecule has 454 valence electrons. The number of aliphatic carboxylic acids is 4. The minimum Gasteiger partial charge on any atom is -0.480 e. The summed E-state index contributed by atoms with van der Waals surface area (Å²) in [6, 6.07) is 11.2. The zero-order valence-corrected chi connectivity index (χ0v) is 44.4. The van der Waals surface area contributed by atoms with Crippen molar-refractivity contribution in [3.8, 4) is 5.75 Å². The first kappa shape index (κ1) is 73.5. The molecular formula is C46H68N8O27. The molecule has 0 radical (unpaired) electrons. The Morgan fingerprint density at radius 2 is 0.815 bits per heavy atom. The van der Waals surface area contributed by atoms with E-state index in [9.17, 15) is 83.9 Å². The van der Waals surface area contributed by atoms with Crippen LogP contribution >= 0.6 is 0 Å². The molecule has 35 heteroatoms. The van der Waals surface area contributed by atoms with Crippen LogP contribution in [-0.2, 0) is 65.6 Å². The second-order valence-electron chi connectivity index (χ2n) is 16.3. The quantitative estimate of drug-likeness (QED) is 0.0268. The fourth-order valence-corrected chi connectivity index (χ4v) is 5.46. The van der Waals surface area contributed by atoms with Crippen LogP contribution in [0.25, 0.3) is 0 Å². The maximum Gasteiger partial charge on any atom is 0.413 e. The topological polar surface area (TPSA) is 503 Å². The maximum atomic E-state index is 11.8. The number of unbranched alkanes of at least 4 members (excludes halogenated alkanes) is 7. The van der Waals surface area contributed by atoms with Gasteiger partial charge in [-0.3, -0.25) is 19.2 Å². The maximum absolute atomic E-state index is 11.8. The molecule has 0 bridgehead atoms. The number of hydrogen-bond donors (Lipinski definition) is 8. The summed E-state index contributed by atoms with van der Waals surface area (Å²) >= 11 is 0. The van der Waals surface area contributed by atoms with Crippen molar-refractivity contribution in [3.05, 3.63) is 106 Å². The van der Waals surface area contributed by atoms with Crippen molar-refractivity contribution in [2.75, 3.05) is 39.6 Å². The van der Waals surface area contributed by atoms with E-state index in [1.54, 1.807) is 24.3 Å². The van der Waals surface area contributed by atoms with Crippen LogP contribution in [0.3, 0.4) is 0 Å². The summed E-state index contributed by atoms with van der Waals surface area (Å²) in [5.41, 5.74) is 1.60. The lowest BCUT2D eigenvalue weighted by molar-refractivity contribution is -0.757. The third kappa shape index (κ3) is 46.2. The number of carbonyl (C=O) groups excluding carboxylic acids is 4. The highest BCUT2D eigenvalue weighted by molar-refractivity contribution is 5.84. The Balaban J connectivity index is 0. The number of nitrogens with one attached hydrogen (secondary N) is 4. The molecule has 81 heavy (non-hydrogen) atoms. The lowest BCUT2D eigenvalue weighted by Crippen LogP contribution is -2.42. The molecule has 0 aliphatic rings. The molecule has 0 fully saturated rings. The summed E-state index contributed by atoms with van der Waals surface area (Å²) < 4.78 is 14.3. The average molecular weight is 1170 g/mol. The number of amides is 4. The van der Waals surface area contributed by atoms with Gasteiger partial charge in [0.2, 0.25) is 5.91 Å². The van der Waals surface area contributed by atoms with Crippen molar-refractivity contribution >= 4 is 48.1 Å². The standard InChI is InChI=1S/C15H20N2O6.C12H14N2O7.C10H18N2O7.C9H16N2O7/c18-14(9-5-2-6-10-23-17(21)22)16-13(15(19)20)11-12-7-3-1-4-8-12;1-8(11(15)16)13-12(17)21-10-4-2-9(3-5-10)6-7-20-14(18)19;1-8(9(13)14)11-10(15)18-6-4-2-3-5-7-19-12(16)17;1-7(8(12)13)10-9(14)17-5-3-2-4-6-18-11(15)16/h1,3-4,7-8,13H,2,5-6,9-11H2,(H,16,18)(H,19,20);2-5,8H,6-7H2,1H3,(H,13,17)(H,15,16);8H,2-7H2,1H3,(H,11,15)(H,13,14);7H,2-6H2,1H3,(H,10,14)(H,12,13). The normalized spacial score (nSPS) is 11.4. The first-order chi connectivity index (χ1) is 38.2. The van der Waals surface area contributed by atoms with Gasteiger partial charge in [-0.1, -0.05) is 55.3 Å². The summed E-state index contributed by atoms with van der Waals surface area (Å²) in [6.07, 6.45) is 4.11. The minimum absolute atomic E-state index is 0.000374. The number of carboxylic acids is 4. The zero-order chi connectivity index (χ0) is 61.5. The highest BCUT2D eigenvalue weighted by Crippen LogP contribution is 2.13. The van der Waals surface area contributed by atoms with Gasteiger partial charge in [0.05, 0.1) is 33.0 Å². The van der Waals surface area contributed by atoms with E-state index in [1.165, 1.54) is 32.9 Å². The molecule has 2 aromatic carbocycles. The molecule has 0 saturated carbocycles. The number of benzene rings is 2. The highest BCUT2D eigenvalue weighted by atomic mass is 17.0. The minimum atomic E-state index is -1.17. The van der Waals surface area contributed by atoms with Gasteiger partial charge in [-0.05, 0) is 102 Å². The highest BCUT2D eigenvalue weighted by Gasteiger charge is 2.21. The van der Waals surface area contributed by atoms with Crippen molar-refractivity contribution in [3.63, 3.8) is 0 Å². The van der Waals surface area contributed by atoms with Crippen molar-refractivity contribution in [2.24, 2.45) is 0 Å². The van der Waals surface area contributed by atoms with Crippen LogP contribution in [0.1, 0.15) is 103 Å². The van der Waals surface area contributed by atoms with Gasteiger partial charge in [0.1, 0.15) is 36.5 Å². The molecule has 4 atom stereocenters. The molecular weight excluding hydrogens is 1100 g/mol. The van der Waals surface area contributed by atoms with Crippen LogP contribution < -0.4 is 26.0 Å². The average Bonchev–Trinajstić information content (AvgIpc) is 3.39. The van der Waals surface area contributed by atoms with Crippen LogP contribution in [0, 0.1) is 40.5 Å². The van der Waals surface area contributed by atoms with E-state index in [0.29, 0.717) is 57.8 Å². The molecule has 0 aromatic heterocycles. The molecule has 4 amide bonds. The molecule has 0 spiro atoms. The van der Waals surface area contributed by atoms with E-state index in [0.717, 1.165) is 24.0 Å².